The molecule has 1 aliphatic rings. The van der Waals surface area contributed by atoms with Gasteiger partial charge in [-0.05, 0) is 35.9 Å². The molecule has 1 aromatic heterocycles. The molecule has 1 atom stereocenters. The summed E-state index contributed by atoms with van der Waals surface area (Å²) in [5.74, 6) is 1.97. The number of rotatable bonds is 5. The topological polar surface area (TPSA) is 63.4 Å². The Labute approximate surface area is 163 Å². The molecule has 1 fully saturated rings. The van der Waals surface area contributed by atoms with Crippen LogP contribution in [0, 0.1) is 0 Å². The maximum atomic E-state index is 6.42. The summed E-state index contributed by atoms with van der Waals surface area (Å²) < 4.78 is 10.6. The molecule has 0 aliphatic carbocycles. The van der Waals surface area contributed by atoms with E-state index in [4.69, 9.17) is 20.9 Å². The van der Waals surface area contributed by atoms with Gasteiger partial charge in [-0.1, -0.05) is 35.0 Å². The van der Waals surface area contributed by atoms with E-state index in [1.165, 1.54) is 0 Å². The van der Waals surface area contributed by atoms with Gasteiger partial charge in [-0.2, -0.15) is 4.98 Å². The van der Waals surface area contributed by atoms with Crippen molar-refractivity contribution < 1.29 is 9.26 Å². The maximum absolute atomic E-state index is 6.42. The van der Waals surface area contributed by atoms with Gasteiger partial charge in [0.1, 0.15) is 5.75 Å². The Morgan fingerprint density at radius 1 is 1.22 bits per heavy atom. The molecule has 140 valence electrons. The minimum atomic E-state index is 0.176. The molecule has 0 spiro atoms. The van der Waals surface area contributed by atoms with E-state index in [0.29, 0.717) is 18.3 Å². The lowest BCUT2D eigenvalue weighted by molar-refractivity contribution is 0.148. The molecule has 1 saturated heterocycles. The third-order valence-electron chi connectivity index (χ3n) is 4.77. The molecule has 7 heteroatoms. The highest BCUT2D eigenvalue weighted by atomic mass is 35.5. The minimum Gasteiger partial charge on any atom is -0.497 e. The second kappa shape index (κ2) is 8.08. The first kappa shape index (κ1) is 18.0. The van der Waals surface area contributed by atoms with Gasteiger partial charge in [0.25, 0.3) is 5.89 Å². The summed E-state index contributed by atoms with van der Waals surface area (Å²) in [5, 5.41) is 8.39. The van der Waals surface area contributed by atoms with Crippen molar-refractivity contribution in [2.75, 3.05) is 26.7 Å². The molecule has 6 nitrogen and oxygen atoms in total. The largest absolute Gasteiger partial charge is 0.497 e. The quantitative estimate of drug-likeness (QED) is 0.725. The fourth-order valence-electron chi connectivity index (χ4n) is 3.34. The molecule has 0 bridgehead atoms. The van der Waals surface area contributed by atoms with E-state index in [-0.39, 0.29) is 6.04 Å². The number of ether oxygens (including phenoxy) is 1. The van der Waals surface area contributed by atoms with Crippen LogP contribution >= 0.6 is 11.6 Å². The maximum Gasteiger partial charge on any atom is 0.257 e. The molecule has 0 saturated carbocycles. The van der Waals surface area contributed by atoms with Crippen LogP contribution < -0.4 is 10.1 Å². The molecule has 0 radical (unpaired) electrons. The SMILES string of the molecule is COc1ccc(-c2nc(CN3CCNCC3c3ccccc3Cl)no2)cc1. The Kier molecular flexibility index (Phi) is 5.38. The van der Waals surface area contributed by atoms with Crippen LogP contribution in [0.5, 0.6) is 5.75 Å². The molecule has 4 rings (SSSR count). The van der Waals surface area contributed by atoms with Crippen molar-refractivity contribution >= 4 is 11.6 Å². The number of methoxy groups -OCH3 is 1. The summed E-state index contributed by atoms with van der Waals surface area (Å²) in [4.78, 5) is 6.90. The van der Waals surface area contributed by atoms with Gasteiger partial charge in [0.15, 0.2) is 5.82 Å². The van der Waals surface area contributed by atoms with Crippen LogP contribution in [0.3, 0.4) is 0 Å². The van der Waals surface area contributed by atoms with Gasteiger partial charge in [0.05, 0.1) is 13.7 Å². The lowest BCUT2D eigenvalue weighted by Gasteiger charge is -2.36. The summed E-state index contributed by atoms with van der Waals surface area (Å²) in [6, 6.07) is 15.7. The van der Waals surface area contributed by atoms with E-state index in [1.807, 2.05) is 42.5 Å². The average Bonchev–Trinajstić information content (AvgIpc) is 3.18. The molecule has 1 unspecified atom stereocenters. The van der Waals surface area contributed by atoms with Crippen molar-refractivity contribution in [3.8, 4) is 17.2 Å². The number of nitrogens with zero attached hydrogens (tertiary/aromatic N) is 3. The van der Waals surface area contributed by atoms with Crippen molar-refractivity contribution in [2.24, 2.45) is 0 Å². The zero-order chi connectivity index (χ0) is 18.6. The highest BCUT2D eigenvalue weighted by molar-refractivity contribution is 6.31. The second-order valence-corrected chi connectivity index (χ2v) is 6.86. The molecular formula is C20H21ClN4O2. The smallest absolute Gasteiger partial charge is 0.257 e. The third kappa shape index (κ3) is 3.98. The van der Waals surface area contributed by atoms with Crippen LogP contribution in [0.25, 0.3) is 11.5 Å². The number of benzene rings is 2. The molecular weight excluding hydrogens is 364 g/mol. The van der Waals surface area contributed by atoms with Crippen molar-refractivity contribution in [3.63, 3.8) is 0 Å². The standard InChI is InChI=1S/C20H21ClN4O2/c1-26-15-8-6-14(7-9-15)20-23-19(24-27-20)13-25-11-10-22-12-18(25)16-4-2-3-5-17(16)21/h2-9,18,22H,10-13H2,1H3. The monoisotopic (exact) mass is 384 g/mol. The van der Waals surface area contributed by atoms with Crippen LogP contribution in [0.1, 0.15) is 17.4 Å². The van der Waals surface area contributed by atoms with E-state index >= 15 is 0 Å². The van der Waals surface area contributed by atoms with E-state index in [0.717, 1.165) is 41.5 Å². The van der Waals surface area contributed by atoms with Crippen LogP contribution in [0.4, 0.5) is 0 Å². The number of hydrogen-bond donors (Lipinski definition) is 1. The van der Waals surface area contributed by atoms with Crippen LogP contribution in [0.2, 0.25) is 5.02 Å². The summed E-state index contributed by atoms with van der Waals surface area (Å²) >= 11 is 6.42. The fourth-order valence-corrected chi connectivity index (χ4v) is 3.60. The number of aromatic nitrogens is 2. The van der Waals surface area contributed by atoms with Crippen LogP contribution in [-0.2, 0) is 6.54 Å². The molecule has 27 heavy (non-hydrogen) atoms. The summed E-state index contributed by atoms with van der Waals surface area (Å²) in [6.07, 6.45) is 0. The highest BCUT2D eigenvalue weighted by Gasteiger charge is 2.26. The number of hydrogen-bond acceptors (Lipinski definition) is 6. The zero-order valence-electron chi connectivity index (χ0n) is 15.1. The predicted molar refractivity (Wildman–Crippen MR) is 104 cm³/mol. The Morgan fingerprint density at radius 3 is 2.81 bits per heavy atom. The van der Waals surface area contributed by atoms with E-state index in [9.17, 15) is 0 Å². The Balaban J connectivity index is 1.52. The summed E-state index contributed by atoms with van der Waals surface area (Å²) in [7, 11) is 1.64. The van der Waals surface area contributed by atoms with Gasteiger partial charge in [-0.3, -0.25) is 4.90 Å². The van der Waals surface area contributed by atoms with Gasteiger partial charge in [-0.15, -0.1) is 0 Å². The Hall–Kier alpha value is -2.41. The zero-order valence-corrected chi connectivity index (χ0v) is 15.8. The molecule has 1 N–H and O–H groups in total. The molecule has 1 aliphatic heterocycles. The average molecular weight is 385 g/mol. The number of nitrogens with one attached hydrogen (secondary N) is 1. The van der Waals surface area contributed by atoms with E-state index < -0.39 is 0 Å². The van der Waals surface area contributed by atoms with E-state index in [1.54, 1.807) is 7.11 Å². The van der Waals surface area contributed by atoms with Crippen LogP contribution in [-0.4, -0.2) is 41.8 Å². The minimum absolute atomic E-state index is 0.176. The first-order valence-corrected chi connectivity index (χ1v) is 9.28. The second-order valence-electron chi connectivity index (χ2n) is 6.46. The summed E-state index contributed by atoms with van der Waals surface area (Å²) in [5.41, 5.74) is 1.99. The third-order valence-corrected chi connectivity index (χ3v) is 5.11. The summed E-state index contributed by atoms with van der Waals surface area (Å²) in [6.45, 7) is 3.26. The molecule has 3 aromatic rings. The Bertz CT molecular complexity index is 897. The van der Waals surface area contributed by atoms with Gasteiger partial charge >= 0.3 is 0 Å². The van der Waals surface area contributed by atoms with Gasteiger partial charge in [-0.25, -0.2) is 0 Å². The fraction of sp³-hybridized carbons (Fsp3) is 0.300. The number of piperazine rings is 1. The molecule has 0 amide bonds. The normalized spacial score (nSPS) is 17.8. The van der Waals surface area contributed by atoms with Gasteiger partial charge in [0, 0.05) is 36.3 Å². The lowest BCUT2D eigenvalue weighted by Crippen LogP contribution is -2.45. The first-order valence-electron chi connectivity index (χ1n) is 8.91. The molecule has 2 heterocycles. The van der Waals surface area contributed by atoms with E-state index in [2.05, 4.69) is 26.4 Å². The van der Waals surface area contributed by atoms with Crippen molar-refractivity contribution in [1.29, 1.82) is 0 Å². The Morgan fingerprint density at radius 2 is 2.04 bits per heavy atom. The van der Waals surface area contributed by atoms with Crippen molar-refractivity contribution in [3.05, 3.63) is 64.9 Å². The lowest BCUT2D eigenvalue weighted by atomic mass is 10.0. The first-order chi connectivity index (χ1) is 13.2. The van der Waals surface area contributed by atoms with Crippen molar-refractivity contribution in [2.45, 2.75) is 12.6 Å². The number of halogens is 1. The highest BCUT2D eigenvalue weighted by Crippen LogP contribution is 2.29. The van der Waals surface area contributed by atoms with Crippen LogP contribution in [0.15, 0.2) is 53.1 Å². The van der Waals surface area contributed by atoms with Gasteiger partial charge < -0.3 is 14.6 Å². The predicted octanol–water partition coefficient (Wildman–Crippen LogP) is 3.55. The molecule has 2 aromatic carbocycles. The van der Waals surface area contributed by atoms with Gasteiger partial charge in [0.2, 0.25) is 0 Å². The van der Waals surface area contributed by atoms with Crippen molar-refractivity contribution in [1.82, 2.24) is 20.4 Å².